The quantitative estimate of drug-likeness (QED) is 0.508. The molecule has 16 heavy (non-hydrogen) atoms. The van der Waals surface area contributed by atoms with Crippen molar-refractivity contribution in [2.75, 3.05) is 13.2 Å². The van der Waals surface area contributed by atoms with E-state index < -0.39 is 6.09 Å². The van der Waals surface area contributed by atoms with Gasteiger partial charge in [0.05, 0.1) is 12.9 Å². The Balaban J connectivity index is 2.59. The first-order valence-corrected chi connectivity index (χ1v) is 4.57. The fourth-order valence-electron chi connectivity index (χ4n) is 0.986. The number of carbonyl (C=O) groups is 1. The molecule has 0 heterocycles. The summed E-state index contributed by atoms with van der Waals surface area (Å²) in [5.74, 6) is 0.795. The van der Waals surface area contributed by atoms with Crippen molar-refractivity contribution in [1.82, 2.24) is 5.32 Å². The minimum atomic E-state index is -0.741. The maximum atomic E-state index is 11.0. The number of aliphatic hydroxyl groups excluding tert-OH is 1. The highest BCUT2D eigenvalue weighted by molar-refractivity contribution is 5.82. The number of hydrogen-bond donors (Lipinski definition) is 3. The van der Waals surface area contributed by atoms with Gasteiger partial charge in [-0.2, -0.15) is 0 Å². The van der Waals surface area contributed by atoms with E-state index in [1.54, 1.807) is 18.2 Å². The number of hydrogen-bond acceptors (Lipinski definition) is 5. The van der Waals surface area contributed by atoms with Crippen LogP contribution in [-0.2, 0) is 0 Å². The Morgan fingerprint density at radius 1 is 1.50 bits per heavy atom. The van der Waals surface area contributed by atoms with Crippen molar-refractivity contribution in [2.24, 2.45) is 0 Å². The molecule has 0 bridgehead atoms. The summed E-state index contributed by atoms with van der Waals surface area (Å²) >= 11 is 0. The molecule has 0 atom stereocenters. The van der Waals surface area contributed by atoms with E-state index in [0.717, 1.165) is 6.34 Å². The molecule has 6 nitrogen and oxygen atoms in total. The van der Waals surface area contributed by atoms with Crippen LogP contribution >= 0.6 is 0 Å². The molecule has 0 aliphatic heterocycles. The zero-order chi connectivity index (χ0) is 11.8. The second-order valence-corrected chi connectivity index (χ2v) is 2.73. The minimum absolute atomic E-state index is 0.0840. The maximum absolute atomic E-state index is 11.0. The predicted octanol–water partition coefficient (Wildman–Crippen LogP) is 0.753. The van der Waals surface area contributed by atoms with E-state index >= 15 is 0 Å². The lowest BCUT2D eigenvalue weighted by Crippen LogP contribution is -2.24. The van der Waals surface area contributed by atoms with Gasteiger partial charge in [0.25, 0.3) is 0 Å². The molecule has 1 amide bonds. The summed E-state index contributed by atoms with van der Waals surface area (Å²) in [5, 5.41) is 17.3. The molecular formula is C10H12N2O4. The molecule has 1 aromatic rings. The molecule has 0 saturated heterocycles. The van der Waals surface area contributed by atoms with Gasteiger partial charge in [0, 0.05) is 6.07 Å². The summed E-state index contributed by atoms with van der Waals surface area (Å²) in [6.07, 6.45) is -0.0108. The van der Waals surface area contributed by atoms with E-state index in [0.29, 0.717) is 11.5 Å². The van der Waals surface area contributed by atoms with E-state index in [1.165, 1.54) is 6.07 Å². The Kier molecular flexibility index (Phi) is 4.81. The molecular weight excluding hydrogens is 212 g/mol. The highest BCUT2D eigenvalue weighted by Crippen LogP contribution is 2.19. The van der Waals surface area contributed by atoms with Gasteiger partial charge in [-0.25, -0.2) is 4.79 Å². The van der Waals surface area contributed by atoms with Crippen LogP contribution in [0.15, 0.2) is 24.3 Å². The molecule has 0 spiro atoms. The van der Waals surface area contributed by atoms with Gasteiger partial charge in [0.2, 0.25) is 0 Å². The third-order valence-electron chi connectivity index (χ3n) is 1.57. The number of benzene rings is 1. The third kappa shape index (κ3) is 3.97. The summed E-state index contributed by atoms with van der Waals surface area (Å²) in [7, 11) is 0. The average molecular weight is 224 g/mol. The molecule has 0 saturated carbocycles. The Morgan fingerprint density at radius 2 is 2.25 bits per heavy atom. The zero-order valence-electron chi connectivity index (χ0n) is 8.47. The summed E-state index contributed by atoms with van der Waals surface area (Å²) < 4.78 is 9.96. The lowest BCUT2D eigenvalue weighted by atomic mass is 10.3. The van der Waals surface area contributed by atoms with Gasteiger partial charge in [0.15, 0.2) is 0 Å². The van der Waals surface area contributed by atoms with Crippen molar-refractivity contribution < 1.29 is 19.4 Å². The molecule has 0 aromatic heterocycles. The Hall–Kier alpha value is -2.08. The van der Waals surface area contributed by atoms with Gasteiger partial charge in [0.1, 0.15) is 18.1 Å². The van der Waals surface area contributed by atoms with Crippen LogP contribution < -0.4 is 14.8 Å². The Morgan fingerprint density at radius 3 is 2.94 bits per heavy atom. The van der Waals surface area contributed by atoms with Crippen molar-refractivity contribution in [1.29, 1.82) is 5.41 Å². The minimum Gasteiger partial charge on any atom is -0.491 e. The lowest BCUT2D eigenvalue weighted by molar-refractivity contribution is 0.198. The van der Waals surface area contributed by atoms with Crippen molar-refractivity contribution in [2.45, 2.75) is 0 Å². The Bertz CT molecular complexity index is 368. The number of carbonyl (C=O) groups excluding carboxylic acids is 1. The van der Waals surface area contributed by atoms with Crippen LogP contribution in [0, 0.1) is 5.41 Å². The number of rotatable bonds is 5. The number of amides is 1. The largest absolute Gasteiger partial charge is 0.491 e. The standard InChI is InChI=1S/C10H12N2O4/c11-7-12-10(14)16-9-3-1-2-8(6-9)15-5-4-13/h1-3,6-7,13H,4-5H2,(H2,11,12,14). The molecule has 1 aromatic carbocycles. The summed E-state index contributed by atoms with van der Waals surface area (Å²) in [6.45, 7) is 0.0928. The third-order valence-corrected chi connectivity index (χ3v) is 1.57. The zero-order valence-corrected chi connectivity index (χ0v) is 8.47. The van der Waals surface area contributed by atoms with Gasteiger partial charge >= 0.3 is 6.09 Å². The SMILES string of the molecule is N=CNC(=O)Oc1cccc(OCCO)c1. The van der Waals surface area contributed by atoms with Gasteiger partial charge in [-0.05, 0) is 12.1 Å². The van der Waals surface area contributed by atoms with E-state index in [-0.39, 0.29) is 13.2 Å². The Labute approximate surface area is 92.3 Å². The predicted molar refractivity (Wildman–Crippen MR) is 57.0 cm³/mol. The number of aliphatic hydroxyl groups is 1. The van der Waals surface area contributed by atoms with E-state index in [9.17, 15) is 4.79 Å². The first kappa shape index (κ1) is 12.0. The first-order chi connectivity index (χ1) is 7.76. The topological polar surface area (TPSA) is 91.6 Å². The summed E-state index contributed by atoms with van der Waals surface area (Å²) in [4.78, 5) is 11.0. The highest BCUT2D eigenvalue weighted by atomic mass is 16.6. The molecule has 0 aliphatic rings. The van der Waals surface area contributed by atoms with Crippen LogP contribution in [0.25, 0.3) is 0 Å². The van der Waals surface area contributed by atoms with Crippen LogP contribution in [0.3, 0.4) is 0 Å². The van der Waals surface area contributed by atoms with E-state index in [4.69, 9.17) is 20.0 Å². The van der Waals surface area contributed by atoms with E-state index in [2.05, 4.69) is 5.32 Å². The van der Waals surface area contributed by atoms with E-state index in [1.807, 2.05) is 0 Å². The summed E-state index contributed by atoms with van der Waals surface area (Å²) in [6, 6.07) is 6.42. The molecule has 0 aliphatic carbocycles. The van der Waals surface area contributed by atoms with Crippen molar-refractivity contribution in [3.63, 3.8) is 0 Å². The highest BCUT2D eigenvalue weighted by Gasteiger charge is 2.03. The fraction of sp³-hybridized carbons (Fsp3) is 0.200. The van der Waals surface area contributed by atoms with Gasteiger partial charge in [-0.1, -0.05) is 6.07 Å². The molecule has 86 valence electrons. The molecule has 6 heteroatoms. The smallest absolute Gasteiger partial charge is 0.417 e. The van der Waals surface area contributed by atoms with Gasteiger partial charge < -0.3 is 14.6 Å². The lowest BCUT2D eigenvalue weighted by Gasteiger charge is -2.06. The van der Waals surface area contributed by atoms with Gasteiger partial charge in [-0.3, -0.25) is 10.7 Å². The van der Waals surface area contributed by atoms with Crippen LogP contribution in [0.2, 0.25) is 0 Å². The van der Waals surface area contributed by atoms with Crippen LogP contribution in [-0.4, -0.2) is 30.8 Å². The number of ether oxygens (including phenoxy) is 2. The molecule has 0 unspecified atom stereocenters. The normalized spacial score (nSPS) is 9.31. The molecule has 0 fully saturated rings. The van der Waals surface area contributed by atoms with Crippen LogP contribution in [0.4, 0.5) is 4.79 Å². The van der Waals surface area contributed by atoms with Gasteiger partial charge in [-0.15, -0.1) is 0 Å². The molecule has 0 radical (unpaired) electrons. The monoisotopic (exact) mass is 224 g/mol. The number of nitrogens with one attached hydrogen (secondary N) is 2. The molecule has 3 N–H and O–H groups in total. The van der Waals surface area contributed by atoms with Crippen molar-refractivity contribution in [3.8, 4) is 11.5 Å². The molecule has 1 rings (SSSR count). The summed E-state index contributed by atoms with van der Waals surface area (Å²) in [5.41, 5.74) is 0. The van der Waals surface area contributed by atoms with Crippen LogP contribution in [0.5, 0.6) is 11.5 Å². The average Bonchev–Trinajstić information content (AvgIpc) is 2.27. The second kappa shape index (κ2) is 6.41. The maximum Gasteiger partial charge on any atom is 0.417 e. The van der Waals surface area contributed by atoms with Crippen LogP contribution in [0.1, 0.15) is 0 Å². The second-order valence-electron chi connectivity index (χ2n) is 2.73. The first-order valence-electron chi connectivity index (χ1n) is 4.57. The fourth-order valence-corrected chi connectivity index (χ4v) is 0.986. The van der Waals surface area contributed by atoms with Crippen molar-refractivity contribution >= 4 is 12.4 Å². The van der Waals surface area contributed by atoms with Crippen molar-refractivity contribution in [3.05, 3.63) is 24.3 Å².